The highest BCUT2D eigenvalue weighted by Gasteiger charge is 2.66. The van der Waals surface area contributed by atoms with E-state index >= 15 is 0 Å². The van der Waals surface area contributed by atoms with Gasteiger partial charge in [-0.25, -0.2) is 8.78 Å². The van der Waals surface area contributed by atoms with E-state index in [1.165, 1.54) is 0 Å². The highest BCUT2D eigenvalue weighted by Crippen LogP contribution is 2.69. The number of halogens is 2. The Bertz CT molecular complexity index is 502. The largest absolute Gasteiger partial charge is 0.300 e. The van der Waals surface area contributed by atoms with Crippen LogP contribution in [0.15, 0.2) is 0 Å². The normalized spacial score (nSPS) is 53.5. The third kappa shape index (κ3) is 1.77. The van der Waals surface area contributed by atoms with E-state index in [1.807, 2.05) is 6.92 Å². The third-order valence-corrected chi connectivity index (χ3v) is 8.48. The second-order valence-corrected chi connectivity index (χ2v) is 9.10. The zero-order valence-corrected chi connectivity index (χ0v) is 13.8. The molecule has 0 bridgehead atoms. The van der Waals surface area contributed by atoms with E-state index in [4.69, 9.17) is 0 Å². The number of Topliss-reactive ketones (excluding diaryl/α,β-unsaturated/α-hetero) is 1. The Kier molecular flexibility index (Phi) is 3.11. The smallest absolute Gasteiger partial charge is 0.253 e. The molecule has 22 heavy (non-hydrogen) atoms. The van der Waals surface area contributed by atoms with Gasteiger partial charge in [-0.1, -0.05) is 13.8 Å². The predicted molar refractivity (Wildman–Crippen MR) is 81.7 cm³/mol. The molecule has 4 fully saturated rings. The van der Waals surface area contributed by atoms with Crippen molar-refractivity contribution in [3.8, 4) is 0 Å². The van der Waals surface area contributed by atoms with Crippen LogP contribution in [0.4, 0.5) is 8.78 Å². The fourth-order valence-electron chi connectivity index (χ4n) is 6.97. The van der Waals surface area contributed by atoms with Crippen molar-refractivity contribution in [2.45, 2.75) is 77.6 Å². The third-order valence-electron chi connectivity index (χ3n) is 8.48. The van der Waals surface area contributed by atoms with Gasteiger partial charge in [0, 0.05) is 24.7 Å². The van der Waals surface area contributed by atoms with Crippen LogP contribution < -0.4 is 0 Å². The minimum absolute atomic E-state index is 0.0933. The molecule has 0 heterocycles. The Labute approximate surface area is 132 Å². The molecule has 0 aromatic rings. The maximum atomic E-state index is 14.5. The van der Waals surface area contributed by atoms with Crippen molar-refractivity contribution < 1.29 is 13.6 Å². The maximum absolute atomic E-state index is 14.5. The predicted octanol–water partition coefficient (Wildman–Crippen LogP) is 5.23. The first-order valence-electron chi connectivity index (χ1n) is 9.17. The average molecular weight is 310 g/mol. The van der Waals surface area contributed by atoms with Crippen LogP contribution in [-0.2, 0) is 4.79 Å². The van der Waals surface area contributed by atoms with Crippen LogP contribution >= 0.6 is 0 Å². The van der Waals surface area contributed by atoms with Crippen LogP contribution in [0.25, 0.3) is 0 Å². The van der Waals surface area contributed by atoms with Crippen molar-refractivity contribution in [3.05, 3.63) is 0 Å². The number of ketones is 1. The zero-order chi connectivity index (χ0) is 15.8. The maximum Gasteiger partial charge on any atom is 0.253 e. The first-order valence-corrected chi connectivity index (χ1v) is 9.17. The molecule has 6 atom stereocenters. The van der Waals surface area contributed by atoms with Crippen LogP contribution in [0.5, 0.6) is 0 Å². The van der Waals surface area contributed by atoms with Crippen LogP contribution in [0.3, 0.4) is 0 Å². The van der Waals surface area contributed by atoms with E-state index in [0.717, 1.165) is 32.1 Å². The summed E-state index contributed by atoms with van der Waals surface area (Å²) in [5.41, 5.74) is -0.530. The lowest BCUT2D eigenvalue weighted by Crippen LogP contribution is -2.55. The number of carbonyl (C=O) groups is 1. The second kappa shape index (κ2) is 4.54. The van der Waals surface area contributed by atoms with Crippen LogP contribution in [0.1, 0.15) is 71.6 Å². The summed E-state index contributed by atoms with van der Waals surface area (Å²) in [6.07, 6.45) is 7.07. The van der Waals surface area contributed by atoms with Crippen molar-refractivity contribution in [3.63, 3.8) is 0 Å². The summed E-state index contributed by atoms with van der Waals surface area (Å²) in [7, 11) is 0. The van der Waals surface area contributed by atoms with Crippen LogP contribution in [-0.4, -0.2) is 11.7 Å². The van der Waals surface area contributed by atoms with Crippen molar-refractivity contribution in [2.24, 2.45) is 34.5 Å². The summed E-state index contributed by atoms with van der Waals surface area (Å²) in [5.74, 6) is -0.275. The Hall–Kier alpha value is -0.470. The molecule has 1 nitrogen and oxygen atoms in total. The molecule has 0 N–H and O–H groups in total. The average Bonchev–Trinajstić information content (AvgIpc) is 2.70. The van der Waals surface area contributed by atoms with E-state index in [-0.39, 0.29) is 17.8 Å². The molecule has 0 aliphatic heterocycles. The molecule has 4 saturated carbocycles. The van der Waals surface area contributed by atoms with Crippen LogP contribution in [0, 0.1) is 34.5 Å². The Morgan fingerprint density at radius 1 is 0.955 bits per heavy atom. The summed E-state index contributed by atoms with van der Waals surface area (Å²) in [6.45, 7) is 4.23. The van der Waals surface area contributed by atoms with Gasteiger partial charge in [0.15, 0.2) is 0 Å². The Morgan fingerprint density at radius 2 is 1.68 bits per heavy atom. The molecule has 0 spiro atoms. The van der Waals surface area contributed by atoms with Crippen molar-refractivity contribution in [2.75, 3.05) is 0 Å². The topological polar surface area (TPSA) is 17.1 Å². The molecule has 4 aliphatic carbocycles. The zero-order valence-electron chi connectivity index (χ0n) is 13.8. The lowest BCUT2D eigenvalue weighted by molar-refractivity contribution is -0.170. The number of hydrogen-bond acceptors (Lipinski definition) is 1. The number of fused-ring (bicyclic) bond motifs is 5. The minimum atomic E-state index is -2.47. The van der Waals surface area contributed by atoms with E-state index < -0.39 is 11.3 Å². The molecular weight excluding hydrogens is 282 g/mol. The molecule has 0 saturated heterocycles. The molecule has 4 aliphatic rings. The summed E-state index contributed by atoms with van der Waals surface area (Å²) >= 11 is 0. The molecule has 4 rings (SSSR count). The van der Waals surface area contributed by atoms with Gasteiger partial charge in [-0.05, 0) is 67.6 Å². The molecule has 0 unspecified atom stereocenters. The van der Waals surface area contributed by atoms with Gasteiger partial charge in [0.1, 0.15) is 5.78 Å². The fraction of sp³-hybridized carbons (Fsp3) is 0.947. The van der Waals surface area contributed by atoms with E-state index in [1.54, 1.807) is 0 Å². The summed E-state index contributed by atoms with van der Waals surface area (Å²) < 4.78 is 28.9. The summed E-state index contributed by atoms with van der Waals surface area (Å²) in [5, 5.41) is 0. The molecule has 0 amide bonds. The Morgan fingerprint density at radius 3 is 2.45 bits per heavy atom. The molecule has 0 radical (unpaired) electrons. The van der Waals surface area contributed by atoms with E-state index in [9.17, 15) is 13.6 Å². The Balaban J connectivity index is 1.65. The molecule has 3 heteroatoms. The van der Waals surface area contributed by atoms with Gasteiger partial charge >= 0.3 is 0 Å². The first kappa shape index (κ1) is 15.1. The van der Waals surface area contributed by atoms with Gasteiger partial charge in [0.2, 0.25) is 0 Å². The van der Waals surface area contributed by atoms with Crippen molar-refractivity contribution in [1.29, 1.82) is 0 Å². The van der Waals surface area contributed by atoms with E-state index in [2.05, 4.69) is 6.92 Å². The fourth-order valence-corrected chi connectivity index (χ4v) is 6.97. The number of carbonyl (C=O) groups excluding carboxylic acids is 1. The number of alkyl halides is 2. The quantitative estimate of drug-likeness (QED) is 0.598. The highest BCUT2D eigenvalue weighted by atomic mass is 19.3. The minimum Gasteiger partial charge on any atom is -0.300 e. The molecule has 124 valence electrons. The number of hydrogen-bond donors (Lipinski definition) is 0. The van der Waals surface area contributed by atoms with Gasteiger partial charge in [-0.3, -0.25) is 4.79 Å². The van der Waals surface area contributed by atoms with Gasteiger partial charge in [0.25, 0.3) is 5.92 Å². The van der Waals surface area contributed by atoms with Gasteiger partial charge < -0.3 is 0 Å². The monoisotopic (exact) mass is 310 g/mol. The van der Waals surface area contributed by atoms with Crippen LogP contribution in [0.2, 0.25) is 0 Å². The first-order chi connectivity index (χ1) is 10.3. The molecular formula is C19H28F2O. The van der Waals surface area contributed by atoms with E-state index in [0.29, 0.717) is 42.8 Å². The molecule has 0 aromatic heterocycles. The lowest BCUT2D eigenvalue weighted by atomic mass is 9.45. The summed E-state index contributed by atoms with van der Waals surface area (Å²) in [4.78, 5) is 11.8. The lowest BCUT2D eigenvalue weighted by Gasteiger charge is -2.60. The summed E-state index contributed by atoms with van der Waals surface area (Å²) in [6, 6.07) is 0. The standard InChI is InChI=1S/C19H28F2O/c1-17-8-5-13(22)11-12(17)3-4-14-15(17)6-9-18(2)16(14)7-10-19(18,20)21/h12,14-16H,3-11H2,1-2H3/t12-,14+,15-,16-,17-,18-/m0/s1. The van der Waals surface area contributed by atoms with Gasteiger partial charge in [-0.2, -0.15) is 0 Å². The SMILES string of the molecule is C[C@]12CCC(=O)C[C@@H]1CC[C@@H]1[C@@H]2CC[C@@]2(C)[C@H]1CCC2(F)F. The molecule has 0 aromatic carbocycles. The van der Waals surface area contributed by atoms with Gasteiger partial charge in [0.05, 0.1) is 0 Å². The van der Waals surface area contributed by atoms with Crippen molar-refractivity contribution >= 4 is 5.78 Å². The van der Waals surface area contributed by atoms with Crippen molar-refractivity contribution in [1.82, 2.24) is 0 Å². The number of rotatable bonds is 0. The second-order valence-electron chi connectivity index (χ2n) is 9.10. The highest BCUT2D eigenvalue weighted by molar-refractivity contribution is 5.79. The van der Waals surface area contributed by atoms with Gasteiger partial charge in [-0.15, -0.1) is 0 Å².